The van der Waals surface area contributed by atoms with E-state index in [0.717, 1.165) is 0 Å². The molecule has 0 aliphatic heterocycles. The molecule has 6 nitrogen and oxygen atoms in total. The molecule has 2 rings (SSSR count). The summed E-state index contributed by atoms with van der Waals surface area (Å²) in [6.45, 7) is 0.329. The zero-order valence-corrected chi connectivity index (χ0v) is 7.11. The fourth-order valence-corrected chi connectivity index (χ4v) is 0.923. The van der Waals surface area contributed by atoms with Crippen LogP contribution in [-0.2, 0) is 6.54 Å². The quantitative estimate of drug-likeness (QED) is 0.736. The Morgan fingerprint density at radius 1 is 1.29 bits per heavy atom. The summed E-state index contributed by atoms with van der Waals surface area (Å²) in [6, 6.07) is 0. The average molecular weight is 194 g/mol. The Bertz CT molecular complexity index is 400. The molecule has 2 aromatic heterocycles. The van der Waals surface area contributed by atoms with Crippen molar-refractivity contribution in [3.05, 3.63) is 30.5 Å². The molecule has 0 aliphatic carbocycles. The number of aromatic amines is 1. The van der Waals surface area contributed by atoms with Crippen molar-refractivity contribution >= 4 is 5.82 Å². The van der Waals surface area contributed by atoms with Crippen LogP contribution in [0.25, 0.3) is 0 Å². The fourth-order valence-electron chi connectivity index (χ4n) is 0.923. The number of hydrogen-bond acceptors (Lipinski definition) is 5. The first-order valence-corrected chi connectivity index (χ1v) is 3.91. The summed E-state index contributed by atoms with van der Waals surface area (Å²) in [7, 11) is 0. The lowest BCUT2D eigenvalue weighted by Crippen LogP contribution is -2.05. The van der Waals surface area contributed by atoms with E-state index < -0.39 is 5.95 Å². The van der Waals surface area contributed by atoms with E-state index in [4.69, 9.17) is 0 Å². The van der Waals surface area contributed by atoms with Gasteiger partial charge in [0.25, 0.3) is 5.95 Å². The summed E-state index contributed by atoms with van der Waals surface area (Å²) in [5.41, 5.74) is 0. The Morgan fingerprint density at radius 3 is 2.86 bits per heavy atom. The molecule has 14 heavy (non-hydrogen) atoms. The molecule has 0 unspecified atom stereocenters. The van der Waals surface area contributed by atoms with E-state index in [0.29, 0.717) is 12.4 Å². The molecular weight excluding hydrogens is 187 g/mol. The van der Waals surface area contributed by atoms with E-state index in [-0.39, 0.29) is 5.82 Å². The topological polar surface area (TPSA) is 79.4 Å². The maximum Gasteiger partial charge on any atom is 0.255 e. The summed E-state index contributed by atoms with van der Waals surface area (Å²) in [6.07, 6.45) is 4.07. The minimum atomic E-state index is -0.632. The largest absolute Gasteiger partial charge is 0.359 e. The van der Waals surface area contributed by atoms with E-state index in [2.05, 4.69) is 30.5 Å². The van der Waals surface area contributed by atoms with E-state index in [9.17, 15) is 4.39 Å². The molecule has 0 saturated heterocycles. The van der Waals surface area contributed by atoms with Gasteiger partial charge in [-0.2, -0.15) is 9.49 Å². The maximum atomic E-state index is 12.9. The first kappa shape index (κ1) is 8.54. The molecule has 0 bridgehead atoms. The van der Waals surface area contributed by atoms with E-state index in [1.54, 1.807) is 0 Å². The van der Waals surface area contributed by atoms with Gasteiger partial charge < -0.3 is 5.32 Å². The highest BCUT2D eigenvalue weighted by atomic mass is 19.1. The highest BCUT2D eigenvalue weighted by Gasteiger charge is 2.03. The lowest BCUT2D eigenvalue weighted by molar-refractivity contribution is 0.580. The molecule has 0 radical (unpaired) electrons. The molecule has 0 atom stereocenters. The van der Waals surface area contributed by atoms with Gasteiger partial charge in [0.15, 0.2) is 5.82 Å². The van der Waals surface area contributed by atoms with Gasteiger partial charge in [0.05, 0.1) is 6.54 Å². The number of rotatable bonds is 3. The maximum absolute atomic E-state index is 12.9. The minimum Gasteiger partial charge on any atom is -0.359 e. The number of nitrogens with one attached hydrogen (secondary N) is 2. The van der Waals surface area contributed by atoms with Gasteiger partial charge in [-0.15, -0.1) is 0 Å². The molecule has 2 aromatic rings. The van der Waals surface area contributed by atoms with Crippen LogP contribution < -0.4 is 5.32 Å². The summed E-state index contributed by atoms with van der Waals surface area (Å²) >= 11 is 0. The zero-order valence-electron chi connectivity index (χ0n) is 7.11. The van der Waals surface area contributed by atoms with Crippen molar-refractivity contribution in [1.82, 2.24) is 25.1 Å². The van der Waals surface area contributed by atoms with Gasteiger partial charge in [-0.1, -0.05) is 0 Å². The van der Waals surface area contributed by atoms with Crippen molar-refractivity contribution in [3.63, 3.8) is 0 Å². The van der Waals surface area contributed by atoms with E-state index in [1.165, 1.54) is 18.7 Å². The standard InChI is InChI=1S/C7H7FN6/c8-6-7(10-2-1-9-6)11-3-5-12-4-13-14-5/h1-2,4H,3H2,(H,10,11)(H,12,13,14). The molecule has 72 valence electrons. The van der Waals surface area contributed by atoms with Crippen LogP contribution in [0.5, 0.6) is 0 Å². The molecule has 0 aliphatic rings. The monoisotopic (exact) mass is 194 g/mol. The number of aromatic nitrogens is 5. The van der Waals surface area contributed by atoms with Crippen LogP contribution in [0.4, 0.5) is 10.2 Å². The van der Waals surface area contributed by atoms with Crippen LogP contribution in [0.2, 0.25) is 0 Å². The molecule has 0 saturated carbocycles. The first-order valence-electron chi connectivity index (χ1n) is 3.91. The van der Waals surface area contributed by atoms with Crippen molar-refractivity contribution in [3.8, 4) is 0 Å². The second-order valence-electron chi connectivity index (χ2n) is 2.48. The summed E-state index contributed by atoms with van der Waals surface area (Å²) in [5, 5.41) is 9.02. The van der Waals surface area contributed by atoms with Gasteiger partial charge in [-0.3, -0.25) is 5.10 Å². The fraction of sp³-hybridized carbons (Fsp3) is 0.143. The Morgan fingerprint density at radius 2 is 2.14 bits per heavy atom. The van der Waals surface area contributed by atoms with Crippen LogP contribution in [-0.4, -0.2) is 25.1 Å². The van der Waals surface area contributed by atoms with Crippen LogP contribution in [0.15, 0.2) is 18.7 Å². The predicted octanol–water partition coefficient (Wildman–Crippen LogP) is 0.346. The van der Waals surface area contributed by atoms with Gasteiger partial charge in [0.2, 0.25) is 0 Å². The molecule has 7 heteroatoms. The molecule has 2 heterocycles. The number of halogens is 1. The van der Waals surface area contributed by atoms with Crippen molar-refractivity contribution < 1.29 is 4.39 Å². The Labute approximate surface area is 78.6 Å². The van der Waals surface area contributed by atoms with Crippen LogP contribution in [0, 0.1) is 5.95 Å². The second kappa shape index (κ2) is 3.77. The third-order valence-electron chi connectivity index (χ3n) is 1.54. The van der Waals surface area contributed by atoms with Gasteiger partial charge in [0, 0.05) is 12.4 Å². The molecule has 0 spiro atoms. The van der Waals surface area contributed by atoms with Crippen LogP contribution in [0.1, 0.15) is 5.82 Å². The predicted molar refractivity (Wildman–Crippen MR) is 45.7 cm³/mol. The summed E-state index contributed by atoms with van der Waals surface area (Å²) < 4.78 is 12.9. The summed E-state index contributed by atoms with van der Waals surface area (Å²) in [5.74, 6) is 0.0750. The number of anilines is 1. The molecule has 0 fully saturated rings. The third kappa shape index (κ3) is 1.82. The smallest absolute Gasteiger partial charge is 0.255 e. The molecular formula is C7H7FN6. The third-order valence-corrected chi connectivity index (χ3v) is 1.54. The zero-order chi connectivity index (χ0) is 9.80. The lowest BCUT2D eigenvalue weighted by atomic mass is 10.5. The first-order chi connectivity index (χ1) is 6.86. The van der Waals surface area contributed by atoms with Crippen molar-refractivity contribution in [1.29, 1.82) is 0 Å². The molecule has 0 aromatic carbocycles. The highest BCUT2D eigenvalue weighted by molar-refractivity contribution is 5.31. The number of hydrogen-bond donors (Lipinski definition) is 2. The Kier molecular flexibility index (Phi) is 2.30. The SMILES string of the molecule is Fc1nccnc1NCc1ncn[nH]1. The summed E-state index contributed by atoms with van der Waals surface area (Å²) in [4.78, 5) is 11.1. The highest BCUT2D eigenvalue weighted by Crippen LogP contribution is 2.05. The van der Waals surface area contributed by atoms with Crippen molar-refractivity contribution in [2.75, 3.05) is 5.32 Å². The molecule has 2 N–H and O–H groups in total. The van der Waals surface area contributed by atoms with Crippen molar-refractivity contribution in [2.24, 2.45) is 0 Å². The van der Waals surface area contributed by atoms with Gasteiger partial charge >= 0.3 is 0 Å². The second-order valence-corrected chi connectivity index (χ2v) is 2.48. The van der Waals surface area contributed by atoms with Gasteiger partial charge in [0.1, 0.15) is 12.2 Å². The van der Waals surface area contributed by atoms with Crippen LogP contribution in [0.3, 0.4) is 0 Å². The minimum absolute atomic E-state index is 0.101. The number of H-pyrrole nitrogens is 1. The lowest BCUT2D eigenvalue weighted by Gasteiger charge is -2.02. The van der Waals surface area contributed by atoms with Crippen molar-refractivity contribution in [2.45, 2.75) is 6.54 Å². The Balaban J connectivity index is 2.02. The molecule has 0 amide bonds. The van der Waals surface area contributed by atoms with Crippen LogP contribution >= 0.6 is 0 Å². The average Bonchev–Trinajstić information content (AvgIpc) is 2.69. The van der Waals surface area contributed by atoms with Gasteiger partial charge in [-0.25, -0.2) is 15.0 Å². The normalized spacial score (nSPS) is 10.1. The van der Waals surface area contributed by atoms with Gasteiger partial charge in [-0.05, 0) is 0 Å². The Hall–Kier alpha value is -2.05. The van der Waals surface area contributed by atoms with E-state index in [1.807, 2.05) is 0 Å². The van der Waals surface area contributed by atoms with E-state index >= 15 is 0 Å². The number of nitrogens with zero attached hydrogens (tertiary/aromatic N) is 4.